The maximum absolute atomic E-state index is 13.1. The molecule has 11 heteroatoms. The van der Waals surface area contributed by atoms with Crippen LogP contribution < -0.4 is 21.3 Å². The average Bonchev–Trinajstić information content (AvgIpc) is 3.49. The van der Waals surface area contributed by atoms with Gasteiger partial charge in [-0.25, -0.2) is 4.63 Å². The Morgan fingerprint density at radius 3 is 2.44 bits per heavy atom. The fourth-order valence-electron chi connectivity index (χ4n) is 3.63. The molecule has 0 unspecified atom stereocenters. The summed E-state index contributed by atoms with van der Waals surface area (Å²) in [7, 11) is 0. The van der Waals surface area contributed by atoms with Crippen LogP contribution in [-0.2, 0) is 6.42 Å². The van der Waals surface area contributed by atoms with Crippen molar-refractivity contribution in [2.45, 2.75) is 27.2 Å². The van der Waals surface area contributed by atoms with E-state index in [9.17, 15) is 4.79 Å². The van der Waals surface area contributed by atoms with Gasteiger partial charge in [-0.15, -0.1) is 5.10 Å². The first-order valence-corrected chi connectivity index (χ1v) is 11.5. The van der Waals surface area contributed by atoms with Crippen LogP contribution in [0, 0.1) is 5.92 Å². The van der Waals surface area contributed by atoms with E-state index in [-0.39, 0.29) is 17.3 Å². The number of nitrogen functional groups attached to an aromatic ring is 1. The SMILES string of the molecule is C=C(NNC(=O)c1nnn(-c2nonc2N)c1-c1ccc(OCC)cc1)c1ccc(CC(C)C)cc1. The molecule has 0 saturated heterocycles. The second kappa shape index (κ2) is 10.7. The number of nitrogens with two attached hydrogens (primary N) is 1. The van der Waals surface area contributed by atoms with E-state index in [2.05, 4.69) is 64.0 Å². The number of amides is 1. The van der Waals surface area contributed by atoms with Crippen molar-refractivity contribution in [1.82, 2.24) is 36.2 Å². The number of carbonyl (C=O) groups is 1. The van der Waals surface area contributed by atoms with Crippen LogP contribution in [0.1, 0.15) is 42.4 Å². The van der Waals surface area contributed by atoms with Gasteiger partial charge in [0.1, 0.15) is 11.4 Å². The number of anilines is 1. The van der Waals surface area contributed by atoms with Gasteiger partial charge >= 0.3 is 0 Å². The van der Waals surface area contributed by atoms with Gasteiger partial charge in [0.15, 0.2) is 5.69 Å². The second-order valence-corrected chi connectivity index (χ2v) is 8.48. The number of hydrogen-bond acceptors (Lipinski definition) is 9. The molecule has 11 nitrogen and oxygen atoms in total. The summed E-state index contributed by atoms with van der Waals surface area (Å²) < 4.78 is 11.5. The first-order valence-electron chi connectivity index (χ1n) is 11.5. The van der Waals surface area contributed by atoms with Crippen LogP contribution in [-0.4, -0.2) is 37.8 Å². The summed E-state index contributed by atoms with van der Waals surface area (Å²) in [5, 5.41) is 15.5. The quantitative estimate of drug-likeness (QED) is 0.286. The molecular formula is C25H28N8O3. The third kappa shape index (κ3) is 5.35. The first-order chi connectivity index (χ1) is 17.4. The molecule has 1 amide bonds. The summed E-state index contributed by atoms with van der Waals surface area (Å²) in [6, 6.07) is 15.2. The molecule has 0 fully saturated rings. The average molecular weight is 489 g/mol. The summed E-state index contributed by atoms with van der Waals surface area (Å²) in [5.74, 6) is 0.845. The van der Waals surface area contributed by atoms with Crippen molar-refractivity contribution in [2.75, 3.05) is 12.3 Å². The van der Waals surface area contributed by atoms with E-state index in [4.69, 9.17) is 15.1 Å². The fourth-order valence-corrected chi connectivity index (χ4v) is 3.63. The first kappa shape index (κ1) is 24.5. The minimum atomic E-state index is -0.530. The van der Waals surface area contributed by atoms with E-state index in [1.54, 1.807) is 24.3 Å². The Bertz CT molecular complexity index is 1340. The highest BCUT2D eigenvalue weighted by Crippen LogP contribution is 2.28. The van der Waals surface area contributed by atoms with E-state index in [0.717, 1.165) is 12.0 Å². The lowest BCUT2D eigenvalue weighted by Crippen LogP contribution is -2.36. The van der Waals surface area contributed by atoms with Crippen molar-refractivity contribution < 1.29 is 14.2 Å². The zero-order chi connectivity index (χ0) is 25.7. The molecule has 0 bridgehead atoms. The van der Waals surface area contributed by atoms with Gasteiger partial charge in [0.05, 0.1) is 12.3 Å². The van der Waals surface area contributed by atoms with E-state index in [0.29, 0.717) is 35.2 Å². The van der Waals surface area contributed by atoms with Gasteiger partial charge < -0.3 is 10.5 Å². The molecule has 0 saturated carbocycles. The van der Waals surface area contributed by atoms with Crippen LogP contribution in [0.2, 0.25) is 0 Å². The van der Waals surface area contributed by atoms with Crippen LogP contribution in [0.25, 0.3) is 22.8 Å². The van der Waals surface area contributed by atoms with Gasteiger partial charge in [-0.2, -0.15) is 4.68 Å². The molecule has 0 atom stereocenters. The molecule has 2 aromatic heterocycles. The smallest absolute Gasteiger partial charge is 0.292 e. The Morgan fingerprint density at radius 2 is 1.83 bits per heavy atom. The summed E-state index contributed by atoms with van der Waals surface area (Å²) in [6.07, 6.45) is 0.993. The Labute approximate surface area is 208 Å². The molecule has 2 heterocycles. The minimum absolute atomic E-state index is 0.00598. The Balaban J connectivity index is 1.57. The van der Waals surface area contributed by atoms with Gasteiger partial charge in [-0.05, 0) is 65.0 Å². The minimum Gasteiger partial charge on any atom is -0.494 e. The highest BCUT2D eigenvalue weighted by atomic mass is 16.6. The highest BCUT2D eigenvalue weighted by Gasteiger charge is 2.25. The predicted octanol–water partition coefficient (Wildman–Crippen LogP) is 3.40. The Hall–Kier alpha value is -4.67. The molecule has 0 aliphatic heterocycles. The van der Waals surface area contributed by atoms with Crippen molar-refractivity contribution >= 4 is 17.4 Å². The summed E-state index contributed by atoms with van der Waals surface area (Å²) in [4.78, 5) is 13.1. The standard InChI is InChI=1S/C25H28N8O3/c1-5-35-20-12-10-19(11-13-20)22-21(28-32-33(22)24-23(26)30-36-31-24)25(34)29-27-16(4)18-8-6-17(7-9-18)14-15(2)3/h6-13,15,27H,4-5,14H2,1-3H3,(H2,26,30)(H,29,34). The molecule has 4 aromatic rings. The van der Waals surface area contributed by atoms with Crippen molar-refractivity contribution in [2.24, 2.45) is 5.92 Å². The van der Waals surface area contributed by atoms with Gasteiger partial charge in [-0.1, -0.05) is 49.9 Å². The number of hydrogen-bond donors (Lipinski definition) is 3. The van der Waals surface area contributed by atoms with E-state index in [1.165, 1.54) is 10.2 Å². The maximum atomic E-state index is 13.1. The van der Waals surface area contributed by atoms with Crippen molar-refractivity contribution in [3.05, 3.63) is 71.9 Å². The molecule has 2 aromatic carbocycles. The lowest BCUT2D eigenvalue weighted by molar-refractivity contribution is 0.0938. The number of benzene rings is 2. The molecule has 4 rings (SSSR count). The Morgan fingerprint density at radius 1 is 1.11 bits per heavy atom. The molecular weight excluding hydrogens is 460 g/mol. The van der Waals surface area contributed by atoms with Gasteiger partial charge in [0.25, 0.3) is 5.91 Å². The molecule has 4 N–H and O–H groups in total. The number of ether oxygens (including phenoxy) is 1. The molecule has 0 aliphatic rings. The summed E-state index contributed by atoms with van der Waals surface area (Å²) in [6.45, 7) is 10.8. The van der Waals surface area contributed by atoms with Crippen LogP contribution in [0.5, 0.6) is 5.75 Å². The van der Waals surface area contributed by atoms with Crippen LogP contribution in [0.4, 0.5) is 5.82 Å². The largest absolute Gasteiger partial charge is 0.494 e. The van der Waals surface area contributed by atoms with Gasteiger partial charge in [0, 0.05) is 5.56 Å². The Kier molecular flexibility index (Phi) is 7.28. The fraction of sp³-hybridized carbons (Fsp3) is 0.240. The van der Waals surface area contributed by atoms with Crippen LogP contribution >= 0.6 is 0 Å². The van der Waals surface area contributed by atoms with E-state index < -0.39 is 5.91 Å². The van der Waals surface area contributed by atoms with Crippen LogP contribution in [0.15, 0.2) is 59.7 Å². The molecule has 0 aliphatic carbocycles. The number of carbonyl (C=O) groups excluding carboxylic acids is 1. The van der Waals surface area contributed by atoms with E-state index >= 15 is 0 Å². The van der Waals surface area contributed by atoms with Crippen molar-refractivity contribution in [3.63, 3.8) is 0 Å². The molecule has 186 valence electrons. The van der Waals surface area contributed by atoms with Crippen LogP contribution in [0.3, 0.4) is 0 Å². The lowest BCUT2D eigenvalue weighted by atomic mass is 10.0. The highest BCUT2D eigenvalue weighted by molar-refractivity contribution is 5.98. The summed E-state index contributed by atoms with van der Waals surface area (Å²) >= 11 is 0. The molecule has 0 spiro atoms. The normalized spacial score (nSPS) is 10.9. The maximum Gasteiger partial charge on any atom is 0.292 e. The number of nitrogens with one attached hydrogen (secondary N) is 2. The third-order valence-electron chi connectivity index (χ3n) is 5.29. The predicted molar refractivity (Wildman–Crippen MR) is 135 cm³/mol. The van der Waals surface area contributed by atoms with E-state index in [1.807, 2.05) is 19.1 Å². The number of rotatable bonds is 10. The molecule has 36 heavy (non-hydrogen) atoms. The zero-order valence-corrected chi connectivity index (χ0v) is 20.4. The number of hydrazine groups is 1. The number of nitrogens with zero attached hydrogens (tertiary/aromatic N) is 5. The second-order valence-electron chi connectivity index (χ2n) is 8.48. The zero-order valence-electron chi connectivity index (χ0n) is 20.4. The lowest BCUT2D eigenvalue weighted by Gasteiger charge is -2.12. The summed E-state index contributed by atoms with van der Waals surface area (Å²) in [5.41, 5.74) is 15.0. The van der Waals surface area contributed by atoms with Crippen molar-refractivity contribution in [1.29, 1.82) is 0 Å². The van der Waals surface area contributed by atoms with Gasteiger partial charge in [-0.3, -0.25) is 15.6 Å². The topological polar surface area (TPSA) is 146 Å². The van der Waals surface area contributed by atoms with Crippen molar-refractivity contribution in [3.8, 4) is 22.8 Å². The monoisotopic (exact) mass is 488 g/mol. The number of aromatic nitrogens is 5. The third-order valence-corrected chi connectivity index (χ3v) is 5.29. The molecule has 0 radical (unpaired) electrons. The van der Waals surface area contributed by atoms with Gasteiger partial charge in [0.2, 0.25) is 11.6 Å².